The second-order valence-corrected chi connectivity index (χ2v) is 7.06. The fourth-order valence-corrected chi connectivity index (χ4v) is 3.49. The summed E-state index contributed by atoms with van der Waals surface area (Å²) in [5, 5.41) is 4.48. The van der Waals surface area contributed by atoms with Crippen LogP contribution in [0.25, 0.3) is 5.69 Å². The molecule has 2 rings (SSSR count). The summed E-state index contributed by atoms with van der Waals surface area (Å²) in [4.78, 5) is 0. The van der Waals surface area contributed by atoms with Crippen molar-refractivity contribution in [2.45, 2.75) is 6.92 Å². The summed E-state index contributed by atoms with van der Waals surface area (Å²) in [7, 11) is 5.33. The minimum Gasteiger partial charge on any atom is -0.477 e. The SMILES string of the molecule is COCCSSCCOc1cc(C)nn1-c1ccccc1. The lowest BCUT2D eigenvalue weighted by Gasteiger charge is -2.08. The number of methoxy groups -OCH3 is 1. The zero-order chi connectivity index (χ0) is 14.9. The number of hydrogen-bond acceptors (Lipinski definition) is 5. The number of para-hydroxylation sites is 1. The fourth-order valence-electron chi connectivity index (χ4n) is 1.75. The van der Waals surface area contributed by atoms with Crippen LogP contribution in [0.3, 0.4) is 0 Å². The monoisotopic (exact) mass is 324 g/mol. The highest BCUT2D eigenvalue weighted by Gasteiger charge is 2.08. The van der Waals surface area contributed by atoms with Gasteiger partial charge < -0.3 is 9.47 Å². The lowest BCUT2D eigenvalue weighted by atomic mass is 10.3. The second kappa shape index (κ2) is 9.02. The predicted molar refractivity (Wildman–Crippen MR) is 90.6 cm³/mol. The van der Waals surface area contributed by atoms with Crippen molar-refractivity contribution in [2.75, 3.05) is 31.8 Å². The average molecular weight is 324 g/mol. The Kier molecular flexibility index (Phi) is 6.99. The van der Waals surface area contributed by atoms with Gasteiger partial charge in [-0.25, -0.2) is 4.68 Å². The highest BCUT2D eigenvalue weighted by molar-refractivity contribution is 8.76. The van der Waals surface area contributed by atoms with Crippen LogP contribution in [-0.4, -0.2) is 41.6 Å². The Bertz CT molecular complexity index is 532. The summed E-state index contributed by atoms with van der Waals surface area (Å²) in [6, 6.07) is 12.0. The fraction of sp³-hybridized carbons (Fsp3) is 0.400. The Morgan fingerprint density at radius 1 is 1.10 bits per heavy atom. The first-order valence-electron chi connectivity index (χ1n) is 6.79. The van der Waals surface area contributed by atoms with E-state index in [1.165, 1.54) is 0 Å². The molecule has 0 amide bonds. The third kappa shape index (κ3) is 5.30. The van der Waals surface area contributed by atoms with Crippen LogP contribution in [-0.2, 0) is 4.74 Å². The van der Waals surface area contributed by atoms with Gasteiger partial charge in [-0.05, 0) is 19.1 Å². The Labute approximate surface area is 133 Å². The van der Waals surface area contributed by atoms with E-state index in [0.717, 1.165) is 35.4 Å². The molecule has 0 atom stereocenters. The molecule has 0 bridgehead atoms. The van der Waals surface area contributed by atoms with Crippen molar-refractivity contribution in [3.8, 4) is 11.6 Å². The van der Waals surface area contributed by atoms with Gasteiger partial charge in [-0.3, -0.25) is 0 Å². The van der Waals surface area contributed by atoms with Crippen LogP contribution in [0, 0.1) is 6.92 Å². The van der Waals surface area contributed by atoms with Gasteiger partial charge in [0.15, 0.2) is 0 Å². The summed E-state index contributed by atoms with van der Waals surface area (Å²) >= 11 is 0. The smallest absolute Gasteiger partial charge is 0.216 e. The van der Waals surface area contributed by atoms with Crippen molar-refractivity contribution >= 4 is 21.6 Å². The molecule has 0 saturated carbocycles. The minimum absolute atomic E-state index is 0.669. The standard InChI is InChI=1S/C15H20N2O2S2/c1-13-12-15(19-9-11-21-20-10-8-18-2)17(16-13)14-6-4-3-5-7-14/h3-7,12H,8-11H2,1-2H3. The van der Waals surface area contributed by atoms with E-state index in [2.05, 4.69) is 5.10 Å². The summed E-state index contributed by atoms with van der Waals surface area (Å²) in [5.41, 5.74) is 1.97. The zero-order valence-corrected chi connectivity index (χ0v) is 14.0. The van der Waals surface area contributed by atoms with E-state index in [1.807, 2.05) is 58.8 Å². The molecule has 0 aliphatic carbocycles. The van der Waals surface area contributed by atoms with Crippen LogP contribution in [0.2, 0.25) is 0 Å². The van der Waals surface area contributed by atoms with Crippen LogP contribution in [0.1, 0.15) is 5.69 Å². The van der Waals surface area contributed by atoms with E-state index >= 15 is 0 Å². The maximum absolute atomic E-state index is 5.85. The Morgan fingerprint density at radius 2 is 1.81 bits per heavy atom. The molecule has 0 saturated heterocycles. The average Bonchev–Trinajstić information content (AvgIpc) is 2.88. The summed E-state index contributed by atoms with van der Waals surface area (Å²) in [6.45, 7) is 3.43. The minimum atomic E-state index is 0.669. The molecule has 0 aliphatic rings. The van der Waals surface area contributed by atoms with Gasteiger partial charge in [-0.1, -0.05) is 39.8 Å². The van der Waals surface area contributed by atoms with Gasteiger partial charge >= 0.3 is 0 Å². The van der Waals surface area contributed by atoms with Crippen LogP contribution in [0.5, 0.6) is 5.88 Å². The van der Waals surface area contributed by atoms with Gasteiger partial charge in [-0.15, -0.1) is 0 Å². The molecule has 4 nitrogen and oxygen atoms in total. The highest BCUT2D eigenvalue weighted by atomic mass is 33.1. The van der Waals surface area contributed by atoms with Crippen LogP contribution in [0.4, 0.5) is 0 Å². The van der Waals surface area contributed by atoms with Crippen molar-refractivity contribution in [1.82, 2.24) is 9.78 Å². The third-order valence-corrected chi connectivity index (χ3v) is 5.00. The summed E-state index contributed by atoms with van der Waals surface area (Å²) in [6.07, 6.45) is 0. The molecule has 0 spiro atoms. The van der Waals surface area contributed by atoms with Gasteiger partial charge in [-0.2, -0.15) is 5.10 Å². The number of aromatic nitrogens is 2. The molecule has 2 aromatic rings. The van der Waals surface area contributed by atoms with E-state index in [4.69, 9.17) is 9.47 Å². The summed E-state index contributed by atoms with van der Waals surface area (Å²) in [5.74, 6) is 2.73. The Balaban J connectivity index is 1.84. The van der Waals surface area contributed by atoms with Gasteiger partial charge in [0.05, 0.1) is 24.6 Å². The largest absolute Gasteiger partial charge is 0.477 e. The lowest BCUT2D eigenvalue weighted by molar-refractivity contribution is 0.219. The molecule has 0 radical (unpaired) electrons. The molecule has 0 aliphatic heterocycles. The topological polar surface area (TPSA) is 36.3 Å². The van der Waals surface area contributed by atoms with E-state index < -0.39 is 0 Å². The van der Waals surface area contributed by atoms with Gasteiger partial charge in [0.1, 0.15) is 0 Å². The molecule has 0 fully saturated rings. The van der Waals surface area contributed by atoms with Crippen molar-refractivity contribution in [3.63, 3.8) is 0 Å². The van der Waals surface area contributed by atoms with Crippen molar-refractivity contribution in [3.05, 3.63) is 42.1 Å². The third-order valence-electron chi connectivity index (χ3n) is 2.67. The lowest BCUT2D eigenvalue weighted by Crippen LogP contribution is -2.05. The van der Waals surface area contributed by atoms with E-state index in [0.29, 0.717) is 6.61 Å². The molecule has 0 unspecified atom stereocenters. The quantitative estimate of drug-likeness (QED) is 0.520. The van der Waals surface area contributed by atoms with Gasteiger partial charge in [0.25, 0.3) is 0 Å². The van der Waals surface area contributed by atoms with Crippen molar-refractivity contribution in [1.29, 1.82) is 0 Å². The number of hydrogen-bond donors (Lipinski definition) is 0. The molecule has 6 heteroatoms. The van der Waals surface area contributed by atoms with Gasteiger partial charge in [0.2, 0.25) is 5.88 Å². The zero-order valence-electron chi connectivity index (χ0n) is 12.3. The summed E-state index contributed by atoms with van der Waals surface area (Å²) < 4.78 is 12.7. The molecular formula is C15H20N2O2S2. The van der Waals surface area contributed by atoms with Crippen LogP contribution >= 0.6 is 21.6 Å². The number of nitrogens with zero attached hydrogens (tertiary/aromatic N) is 2. The maximum Gasteiger partial charge on any atom is 0.216 e. The van der Waals surface area contributed by atoms with E-state index in [1.54, 1.807) is 17.9 Å². The molecule has 114 valence electrons. The first kappa shape index (κ1) is 16.3. The molecular weight excluding hydrogens is 304 g/mol. The molecule has 1 aromatic carbocycles. The first-order chi connectivity index (χ1) is 10.3. The van der Waals surface area contributed by atoms with E-state index in [9.17, 15) is 0 Å². The van der Waals surface area contributed by atoms with Crippen LogP contribution < -0.4 is 4.74 Å². The number of aryl methyl sites for hydroxylation is 1. The van der Waals surface area contributed by atoms with Crippen molar-refractivity contribution < 1.29 is 9.47 Å². The van der Waals surface area contributed by atoms with E-state index in [-0.39, 0.29) is 0 Å². The second-order valence-electron chi connectivity index (χ2n) is 4.36. The molecule has 21 heavy (non-hydrogen) atoms. The number of rotatable bonds is 9. The Morgan fingerprint density at radius 3 is 2.52 bits per heavy atom. The normalized spacial score (nSPS) is 10.8. The highest BCUT2D eigenvalue weighted by Crippen LogP contribution is 2.22. The maximum atomic E-state index is 5.85. The predicted octanol–water partition coefficient (Wildman–Crippen LogP) is 3.59. The molecule has 1 aromatic heterocycles. The van der Waals surface area contributed by atoms with Crippen LogP contribution in [0.15, 0.2) is 36.4 Å². The number of benzene rings is 1. The van der Waals surface area contributed by atoms with Crippen molar-refractivity contribution in [2.24, 2.45) is 0 Å². The Hall–Kier alpha value is -1.11. The van der Waals surface area contributed by atoms with Gasteiger partial charge in [0, 0.05) is 24.7 Å². The molecule has 1 heterocycles. The first-order valence-corrected chi connectivity index (χ1v) is 9.28. The number of ether oxygens (including phenoxy) is 2. The molecule has 0 N–H and O–H groups in total.